The quantitative estimate of drug-likeness (QED) is 0.886. The molecule has 0 radical (unpaired) electrons. The maximum Gasteiger partial charge on any atom is 0.0710 e. The lowest BCUT2D eigenvalue weighted by Crippen LogP contribution is -2.22. The van der Waals surface area contributed by atoms with Crippen LogP contribution in [0, 0.1) is 0 Å². The minimum atomic E-state index is 0. The van der Waals surface area contributed by atoms with Crippen molar-refractivity contribution in [1.29, 1.82) is 0 Å². The molecule has 1 saturated heterocycles. The number of rotatable bonds is 5. The summed E-state index contributed by atoms with van der Waals surface area (Å²) in [4.78, 5) is 2.46. The van der Waals surface area contributed by atoms with Gasteiger partial charge in [-0.2, -0.15) is 0 Å². The van der Waals surface area contributed by atoms with Crippen molar-refractivity contribution in [3.8, 4) is 0 Å². The fourth-order valence-corrected chi connectivity index (χ4v) is 2.36. The Balaban J connectivity index is 0.00000162. The molecule has 102 valence electrons. The summed E-state index contributed by atoms with van der Waals surface area (Å²) in [6, 6.07) is 8.87. The molecule has 3 nitrogen and oxygen atoms in total. The van der Waals surface area contributed by atoms with Crippen LogP contribution >= 0.6 is 12.4 Å². The van der Waals surface area contributed by atoms with E-state index in [0.29, 0.717) is 6.10 Å². The highest BCUT2D eigenvalue weighted by atomic mass is 35.5. The van der Waals surface area contributed by atoms with Crippen molar-refractivity contribution in [2.45, 2.75) is 25.6 Å². The number of hydrogen-bond acceptors (Lipinski definition) is 3. The highest BCUT2D eigenvalue weighted by Gasteiger charge is 2.21. The van der Waals surface area contributed by atoms with Crippen LogP contribution < -0.4 is 5.32 Å². The number of nitrogens with one attached hydrogen (secondary N) is 1. The fraction of sp³-hybridized carbons (Fsp3) is 0.571. The van der Waals surface area contributed by atoms with E-state index in [1.807, 2.05) is 7.05 Å². The van der Waals surface area contributed by atoms with Gasteiger partial charge in [0.05, 0.1) is 6.10 Å². The first kappa shape index (κ1) is 15.4. The Labute approximate surface area is 116 Å². The van der Waals surface area contributed by atoms with Crippen LogP contribution in [0.2, 0.25) is 0 Å². The van der Waals surface area contributed by atoms with Gasteiger partial charge >= 0.3 is 0 Å². The summed E-state index contributed by atoms with van der Waals surface area (Å²) in [6.07, 6.45) is 1.59. The van der Waals surface area contributed by atoms with Crippen LogP contribution in [0.25, 0.3) is 0 Å². The Kier molecular flexibility index (Phi) is 6.65. The SMILES string of the molecule is CNCc1ccc(CN2CCC(OC)C2)cc1.Cl. The molecule has 0 saturated carbocycles. The number of hydrogen-bond donors (Lipinski definition) is 1. The normalized spacial score (nSPS) is 19.8. The molecule has 1 aromatic carbocycles. The van der Waals surface area contributed by atoms with E-state index in [2.05, 4.69) is 34.5 Å². The lowest BCUT2D eigenvalue weighted by atomic mass is 10.1. The molecule has 1 aliphatic heterocycles. The van der Waals surface area contributed by atoms with E-state index in [0.717, 1.165) is 32.6 Å². The molecule has 4 heteroatoms. The second-order valence-corrected chi connectivity index (χ2v) is 4.73. The highest BCUT2D eigenvalue weighted by Crippen LogP contribution is 2.15. The number of benzene rings is 1. The third kappa shape index (κ3) is 4.25. The second-order valence-electron chi connectivity index (χ2n) is 4.73. The zero-order valence-electron chi connectivity index (χ0n) is 11.2. The highest BCUT2D eigenvalue weighted by molar-refractivity contribution is 5.85. The van der Waals surface area contributed by atoms with Crippen LogP contribution in [0.4, 0.5) is 0 Å². The van der Waals surface area contributed by atoms with E-state index >= 15 is 0 Å². The van der Waals surface area contributed by atoms with Crippen molar-refractivity contribution >= 4 is 12.4 Å². The topological polar surface area (TPSA) is 24.5 Å². The summed E-state index contributed by atoms with van der Waals surface area (Å²) in [6.45, 7) is 4.20. The van der Waals surface area contributed by atoms with Gasteiger partial charge in [0.15, 0.2) is 0 Å². The smallest absolute Gasteiger partial charge is 0.0710 e. The largest absolute Gasteiger partial charge is 0.380 e. The van der Waals surface area contributed by atoms with Crippen molar-refractivity contribution in [3.63, 3.8) is 0 Å². The van der Waals surface area contributed by atoms with Crippen molar-refractivity contribution in [3.05, 3.63) is 35.4 Å². The molecule has 1 N–H and O–H groups in total. The van der Waals surface area contributed by atoms with Crippen molar-refractivity contribution in [2.24, 2.45) is 0 Å². The average molecular weight is 271 g/mol. The Hall–Kier alpha value is -0.610. The van der Waals surface area contributed by atoms with Gasteiger partial charge in [-0.15, -0.1) is 12.4 Å². The summed E-state index contributed by atoms with van der Waals surface area (Å²) in [5.41, 5.74) is 2.73. The van der Waals surface area contributed by atoms with Gasteiger partial charge in [-0.1, -0.05) is 24.3 Å². The van der Waals surface area contributed by atoms with Gasteiger partial charge in [0.2, 0.25) is 0 Å². The zero-order valence-corrected chi connectivity index (χ0v) is 12.0. The monoisotopic (exact) mass is 270 g/mol. The average Bonchev–Trinajstić information content (AvgIpc) is 2.80. The molecule has 1 fully saturated rings. The Morgan fingerprint density at radius 1 is 1.28 bits per heavy atom. The number of nitrogens with zero attached hydrogens (tertiary/aromatic N) is 1. The van der Waals surface area contributed by atoms with Crippen LogP contribution in [-0.4, -0.2) is 38.3 Å². The maximum absolute atomic E-state index is 5.38. The number of methoxy groups -OCH3 is 1. The second kappa shape index (κ2) is 7.74. The molecule has 1 aliphatic rings. The molecule has 2 rings (SSSR count). The van der Waals surface area contributed by atoms with Gasteiger partial charge in [0.25, 0.3) is 0 Å². The molecule has 0 aliphatic carbocycles. The third-order valence-electron chi connectivity index (χ3n) is 3.37. The first-order valence-electron chi connectivity index (χ1n) is 6.29. The zero-order chi connectivity index (χ0) is 12.1. The van der Waals surface area contributed by atoms with E-state index in [-0.39, 0.29) is 12.4 Å². The molecule has 0 amide bonds. The lowest BCUT2D eigenvalue weighted by Gasteiger charge is -2.15. The van der Waals surface area contributed by atoms with Gasteiger partial charge in [-0.25, -0.2) is 0 Å². The standard InChI is InChI=1S/C14H22N2O.ClH/c1-15-9-12-3-5-13(6-4-12)10-16-8-7-14(11-16)17-2;/h3-6,14-15H,7-11H2,1-2H3;1H. The molecule has 1 heterocycles. The van der Waals surface area contributed by atoms with Gasteiger partial charge in [-0.3, -0.25) is 4.90 Å². The molecule has 1 unspecified atom stereocenters. The van der Waals surface area contributed by atoms with Crippen molar-refractivity contribution < 1.29 is 4.74 Å². The summed E-state index contributed by atoms with van der Waals surface area (Å²) in [7, 11) is 3.78. The minimum Gasteiger partial charge on any atom is -0.380 e. The summed E-state index contributed by atoms with van der Waals surface area (Å²) < 4.78 is 5.38. The van der Waals surface area contributed by atoms with E-state index in [9.17, 15) is 0 Å². The number of halogens is 1. The van der Waals surface area contributed by atoms with Gasteiger partial charge < -0.3 is 10.1 Å². The van der Waals surface area contributed by atoms with Crippen LogP contribution in [0.3, 0.4) is 0 Å². The molecule has 0 aromatic heterocycles. The van der Waals surface area contributed by atoms with E-state index in [1.54, 1.807) is 7.11 Å². The summed E-state index contributed by atoms with van der Waals surface area (Å²) >= 11 is 0. The van der Waals surface area contributed by atoms with Crippen LogP contribution in [0.5, 0.6) is 0 Å². The first-order chi connectivity index (χ1) is 8.31. The first-order valence-corrected chi connectivity index (χ1v) is 6.29. The third-order valence-corrected chi connectivity index (χ3v) is 3.37. The van der Waals surface area contributed by atoms with Gasteiger partial charge in [0.1, 0.15) is 0 Å². The maximum atomic E-state index is 5.38. The van der Waals surface area contributed by atoms with Crippen LogP contribution in [0.15, 0.2) is 24.3 Å². The van der Waals surface area contributed by atoms with Gasteiger partial charge in [-0.05, 0) is 24.6 Å². The molecule has 1 atom stereocenters. The molecule has 0 bridgehead atoms. The van der Waals surface area contributed by atoms with E-state index < -0.39 is 0 Å². The van der Waals surface area contributed by atoms with Crippen molar-refractivity contribution in [1.82, 2.24) is 10.2 Å². The van der Waals surface area contributed by atoms with Crippen LogP contribution in [-0.2, 0) is 17.8 Å². The number of ether oxygens (including phenoxy) is 1. The Morgan fingerprint density at radius 3 is 2.50 bits per heavy atom. The fourth-order valence-electron chi connectivity index (χ4n) is 2.36. The predicted octanol–water partition coefficient (Wildman–Crippen LogP) is 2.05. The van der Waals surface area contributed by atoms with Crippen LogP contribution in [0.1, 0.15) is 17.5 Å². The molecule has 0 spiro atoms. The number of likely N-dealkylation sites (tertiary alicyclic amines) is 1. The Bertz CT molecular complexity index is 342. The summed E-state index contributed by atoms with van der Waals surface area (Å²) in [5.74, 6) is 0. The lowest BCUT2D eigenvalue weighted by molar-refractivity contribution is 0.107. The predicted molar refractivity (Wildman–Crippen MR) is 77.1 cm³/mol. The molecular formula is C14H23ClN2O. The van der Waals surface area contributed by atoms with E-state index in [1.165, 1.54) is 11.1 Å². The van der Waals surface area contributed by atoms with E-state index in [4.69, 9.17) is 4.74 Å². The minimum absolute atomic E-state index is 0. The molecule has 1 aromatic rings. The Morgan fingerprint density at radius 2 is 1.94 bits per heavy atom. The van der Waals surface area contributed by atoms with Crippen molar-refractivity contribution in [2.75, 3.05) is 27.2 Å². The molecule has 18 heavy (non-hydrogen) atoms. The molecular weight excluding hydrogens is 248 g/mol. The summed E-state index contributed by atoms with van der Waals surface area (Å²) in [5, 5.41) is 3.16. The van der Waals surface area contributed by atoms with Gasteiger partial charge in [0, 0.05) is 33.3 Å².